The van der Waals surface area contributed by atoms with E-state index in [1.807, 2.05) is 29.9 Å². The van der Waals surface area contributed by atoms with E-state index in [1.165, 1.54) is 11.8 Å². The highest BCUT2D eigenvalue weighted by Crippen LogP contribution is 2.16. The zero-order chi connectivity index (χ0) is 13.7. The molecule has 7 heteroatoms. The van der Waals surface area contributed by atoms with Gasteiger partial charge in [0.15, 0.2) is 5.16 Å². The normalized spacial score (nSPS) is 10.6. The van der Waals surface area contributed by atoms with Crippen LogP contribution in [-0.2, 0) is 24.7 Å². The molecule has 0 saturated heterocycles. The zero-order valence-electron chi connectivity index (χ0n) is 10.5. The number of rotatable bonds is 6. The summed E-state index contributed by atoms with van der Waals surface area (Å²) in [6, 6.07) is 3.92. The van der Waals surface area contributed by atoms with Gasteiger partial charge in [-0.3, -0.25) is 9.78 Å². The van der Waals surface area contributed by atoms with Gasteiger partial charge in [0.1, 0.15) is 5.82 Å². The molecule has 6 nitrogen and oxygen atoms in total. The van der Waals surface area contributed by atoms with Crippen molar-refractivity contribution in [3.63, 3.8) is 0 Å². The molecule has 0 spiro atoms. The van der Waals surface area contributed by atoms with Crippen LogP contribution in [0.25, 0.3) is 0 Å². The fourth-order valence-electron chi connectivity index (χ4n) is 1.62. The summed E-state index contributed by atoms with van der Waals surface area (Å²) in [6.07, 6.45) is 5.16. The highest BCUT2D eigenvalue weighted by molar-refractivity contribution is 7.99. The minimum atomic E-state index is -0.857. The monoisotopic (exact) mass is 278 g/mol. The van der Waals surface area contributed by atoms with E-state index in [0.717, 1.165) is 24.2 Å². The van der Waals surface area contributed by atoms with E-state index in [4.69, 9.17) is 5.11 Å². The van der Waals surface area contributed by atoms with Gasteiger partial charge in [-0.05, 0) is 18.1 Å². The van der Waals surface area contributed by atoms with Gasteiger partial charge >= 0.3 is 5.97 Å². The maximum absolute atomic E-state index is 10.5. The molecule has 0 aliphatic carbocycles. The lowest BCUT2D eigenvalue weighted by molar-refractivity contribution is -0.133. The summed E-state index contributed by atoms with van der Waals surface area (Å²) in [5.41, 5.74) is 1.14. The Morgan fingerprint density at radius 3 is 2.95 bits per heavy atom. The fraction of sp³-hybridized carbons (Fsp3) is 0.333. The van der Waals surface area contributed by atoms with E-state index in [0.29, 0.717) is 5.16 Å². The summed E-state index contributed by atoms with van der Waals surface area (Å²) in [4.78, 5) is 14.6. The zero-order valence-corrected chi connectivity index (χ0v) is 11.3. The molecule has 2 rings (SSSR count). The Hall–Kier alpha value is -1.89. The third-order valence-electron chi connectivity index (χ3n) is 2.61. The molecule has 0 radical (unpaired) electrons. The fourth-order valence-corrected chi connectivity index (χ4v) is 2.27. The minimum Gasteiger partial charge on any atom is -0.481 e. The molecular weight excluding hydrogens is 264 g/mol. The highest BCUT2D eigenvalue weighted by atomic mass is 32.2. The van der Waals surface area contributed by atoms with Crippen LogP contribution in [0, 0.1) is 0 Å². The molecule has 1 N–H and O–H groups in total. The van der Waals surface area contributed by atoms with Crippen molar-refractivity contribution < 1.29 is 9.90 Å². The number of nitrogens with zero attached hydrogens (tertiary/aromatic N) is 4. The average molecular weight is 278 g/mol. The number of aryl methyl sites for hydroxylation is 2. The summed E-state index contributed by atoms with van der Waals surface area (Å²) in [7, 11) is 1.85. The third kappa shape index (κ3) is 3.78. The number of aliphatic carboxylic acids is 1. The summed E-state index contributed by atoms with van der Waals surface area (Å²) in [5, 5.41) is 17.4. The van der Waals surface area contributed by atoms with Crippen LogP contribution in [0.5, 0.6) is 0 Å². The van der Waals surface area contributed by atoms with Gasteiger partial charge < -0.3 is 9.67 Å². The first-order chi connectivity index (χ1) is 9.16. The highest BCUT2D eigenvalue weighted by Gasteiger charge is 2.10. The molecule has 100 valence electrons. The molecule has 0 aliphatic heterocycles. The van der Waals surface area contributed by atoms with Crippen molar-refractivity contribution >= 4 is 17.7 Å². The van der Waals surface area contributed by atoms with Crippen LogP contribution in [-0.4, -0.2) is 36.6 Å². The van der Waals surface area contributed by atoms with E-state index >= 15 is 0 Å². The first kappa shape index (κ1) is 13.5. The van der Waals surface area contributed by atoms with Crippen molar-refractivity contribution in [2.24, 2.45) is 7.05 Å². The van der Waals surface area contributed by atoms with Gasteiger partial charge in [-0.2, -0.15) is 0 Å². The summed E-state index contributed by atoms with van der Waals surface area (Å²) in [5.74, 6) is -0.0177. The van der Waals surface area contributed by atoms with Crippen molar-refractivity contribution in [2.45, 2.75) is 18.0 Å². The molecule has 0 saturated carbocycles. The largest absolute Gasteiger partial charge is 0.481 e. The average Bonchev–Trinajstić information content (AvgIpc) is 2.76. The topological polar surface area (TPSA) is 80.9 Å². The van der Waals surface area contributed by atoms with Crippen LogP contribution in [0.3, 0.4) is 0 Å². The minimum absolute atomic E-state index is 0.00538. The van der Waals surface area contributed by atoms with Crippen LogP contribution in [0.4, 0.5) is 0 Å². The molecule has 0 bridgehead atoms. The van der Waals surface area contributed by atoms with E-state index in [2.05, 4.69) is 15.2 Å². The Labute approximate surface area is 114 Å². The second-order valence-electron chi connectivity index (χ2n) is 4.00. The maximum atomic E-state index is 10.5. The second kappa shape index (κ2) is 6.33. The number of aromatic nitrogens is 4. The molecule has 0 atom stereocenters. The molecule has 19 heavy (non-hydrogen) atoms. The molecule has 2 aromatic rings. The molecule has 0 fully saturated rings. The predicted octanol–water partition coefficient (Wildman–Crippen LogP) is 1.17. The first-order valence-corrected chi connectivity index (χ1v) is 6.77. The summed E-state index contributed by atoms with van der Waals surface area (Å²) >= 11 is 1.18. The Bertz CT molecular complexity index is 556. The van der Waals surface area contributed by atoms with Gasteiger partial charge in [0.05, 0.1) is 5.75 Å². The number of pyridine rings is 1. The lowest BCUT2D eigenvalue weighted by atomic mass is 10.1. The lowest BCUT2D eigenvalue weighted by Gasteiger charge is -2.03. The van der Waals surface area contributed by atoms with E-state index in [1.54, 1.807) is 6.20 Å². The van der Waals surface area contributed by atoms with Crippen LogP contribution < -0.4 is 0 Å². The number of thioether (sulfide) groups is 1. The predicted molar refractivity (Wildman–Crippen MR) is 71.0 cm³/mol. The number of hydrogen-bond acceptors (Lipinski definition) is 5. The third-order valence-corrected chi connectivity index (χ3v) is 3.61. The van der Waals surface area contributed by atoms with Gasteiger partial charge in [0.25, 0.3) is 0 Å². The van der Waals surface area contributed by atoms with E-state index in [9.17, 15) is 4.79 Å². The van der Waals surface area contributed by atoms with Gasteiger partial charge in [-0.25, -0.2) is 0 Å². The Balaban J connectivity index is 1.96. The Kier molecular flexibility index (Phi) is 4.51. The van der Waals surface area contributed by atoms with E-state index < -0.39 is 5.97 Å². The van der Waals surface area contributed by atoms with Crippen LogP contribution >= 0.6 is 11.8 Å². The smallest absolute Gasteiger partial charge is 0.313 e. The van der Waals surface area contributed by atoms with Crippen LogP contribution in [0.15, 0.2) is 29.7 Å². The Morgan fingerprint density at radius 1 is 1.42 bits per heavy atom. The van der Waals surface area contributed by atoms with Crippen molar-refractivity contribution in [1.82, 2.24) is 19.7 Å². The molecule has 0 unspecified atom stereocenters. The molecular formula is C12H14N4O2S. The molecule has 0 aliphatic rings. The quantitative estimate of drug-likeness (QED) is 0.799. The summed E-state index contributed by atoms with van der Waals surface area (Å²) in [6.45, 7) is 0. The first-order valence-electron chi connectivity index (χ1n) is 5.78. The van der Waals surface area contributed by atoms with Crippen LogP contribution in [0.2, 0.25) is 0 Å². The molecule has 0 amide bonds. The van der Waals surface area contributed by atoms with Crippen molar-refractivity contribution in [2.75, 3.05) is 5.75 Å². The van der Waals surface area contributed by atoms with Crippen molar-refractivity contribution in [1.29, 1.82) is 0 Å². The molecule has 2 heterocycles. The number of hydrogen-bond donors (Lipinski definition) is 1. The standard InChI is InChI=1S/C12H14N4O2S/c1-16-10(5-4-9-3-2-6-13-7-9)14-15-12(16)19-8-11(17)18/h2-3,6-7H,4-5,8H2,1H3,(H,17,18). The molecule has 2 aromatic heterocycles. The van der Waals surface area contributed by atoms with Gasteiger partial charge in [0.2, 0.25) is 0 Å². The maximum Gasteiger partial charge on any atom is 0.313 e. The second-order valence-corrected chi connectivity index (χ2v) is 4.94. The number of carboxylic acid groups (broad SMARTS) is 1. The number of carbonyl (C=O) groups is 1. The van der Waals surface area contributed by atoms with Gasteiger partial charge in [0, 0.05) is 25.9 Å². The van der Waals surface area contributed by atoms with Crippen LogP contribution in [0.1, 0.15) is 11.4 Å². The van der Waals surface area contributed by atoms with Crippen molar-refractivity contribution in [3.05, 3.63) is 35.9 Å². The SMILES string of the molecule is Cn1c(CCc2cccnc2)nnc1SCC(=O)O. The molecule has 0 aromatic carbocycles. The van der Waals surface area contributed by atoms with Gasteiger partial charge in [-0.15, -0.1) is 10.2 Å². The van der Waals surface area contributed by atoms with E-state index in [-0.39, 0.29) is 5.75 Å². The summed E-state index contributed by atoms with van der Waals surface area (Å²) < 4.78 is 1.84. The van der Waals surface area contributed by atoms with Crippen molar-refractivity contribution in [3.8, 4) is 0 Å². The lowest BCUT2D eigenvalue weighted by Crippen LogP contribution is -2.03. The Morgan fingerprint density at radius 2 is 2.26 bits per heavy atom. The van der Waals surface area contributed by atoms with Gasteiger partial charge in [-0.1, -0.05) is 17.8 Å². The number of carboxylic acids is 1.